The fourth-order valence-corrected chi connectivity index (χ4v) is 5.76. The van der Waals surface area contributed by atoms with E-state index in [1.165, 1.54) is 10.5 Å². The minimum atomic E-state index is -0.980. The van der Waals surface area contributed by atoms with E-state index in [0.717, 1.165) is 36.1 Å². The van der Waals surface area contributed by atoms with E-state index in [4.69, 9.17) is 14.2 Å². The van der Waals surface area contributed by atoms with Crippen molar-refractivity contribution < 1.29 is 28.9 Å². The number of allylic oxidation sites excluding steroid dienone is 1. The molecule has 0 saturated carbocycles. The average molecular weight is 507 g/mol. The smallest absolute Gasteiger partial charge is 0.407 e. The number of hydrogen-bond acceptors (Lipinski definition) is 5. The summed E-state index contributed by atoms with van der Waals surface area (Å²) in [6.07, 6.45) is 5.15. The molecule has 2 fully saturated rings. The Morgan fingerprint density at radius 1 is 1.14 bits per heavy atom. The van der Waals surface area contributed by atoms with E-state index < -0.39 is 23.8 Å². The normalized spacial score (nSPS) is 25.7. The van der Waals surface area contributed by atoms with Crippen molar-refractivity contribution in [1.29, 1.82) is 0 Å². The molecule has 2 heterocycles. The number of rotatable bonds is 7. The molecule has 2 saturated heterocycles. The van der Waals surface area contributed by atoms with Crippen molar-refractivity contribution in [2.45, 2.75) is 62.8 Å². The Morgan fingerprint density at radius 2 is 1.95 bits per heavy atom. The summed E-state index contributed by atoms with van der Waals surface area (Å²) in [5.41, 5.74) is 2.82. The number of nitrogens with one attached hydrogen (secondary N) is 1. The van der Waals surface area contributed by atoms with Crippen LogP contribution in [-0.2, 0) is 16.1 Å². The number of nitrogens with zero attached hydrogens (tertiary/aromatic N) is 1. The van der Waals surface area contributed by atoms with Gasteiger partial charge in [-0.25, -0.2) is 9.59 Å². The van der Waals surface area contributed by atoms with Crippen molar-refractivity contribution in [2.24, 2.45) is 0 Å². The predicted octanol–water partition coefficient (Wildman–Crippen LogP) is 5.23. The maximum Gasteiger partial charge on any atom is 0.407 e. The standard InChI is InChI=1S/C29H34N2O6/c32-27-30-29(16-18-35-27)15-6-17-31(28(33)34)26(29)20-36-23-13-11-22(12-14-23)24-9-4-5-10-25(24)37-19-21-7-2-1-3-8-21/h1-5,7-11,23,26H,6,12-20H2,(H,30,32)(H,33,34). The van der Waals surface area contributed by atoms with Gasteiger partial charge in [-0.3, -0.25) is 0 Å². The third kappa shape index (κ3) is 5.74. The van der Waals surface area contributed by atoms with E-state index in [9.17, 15) is 14.7 Å². The fourth-order valence-electron chi connectivity index (χ4n) is 5.76. The second-order valence-corrected chi connectivity index (χ2v) is 9.99. The van der Waals surface area contributed by atoms with E-state index in [-0.39, 0.29) is 19.3 Å². The van der Waals surface area contributed by atoms with E-state index in [1.54, 1.807) is 0 Å². The zero-order valence-corrected chi connectivity index (χ0v) is 20.9. The first-order chi connectivity index (χ1) is 18.0. The lowest BCUT2D eigenvalue weighted by Crippen LogP contribution is -2.69. The number of carbonyl (C=O) groups is 2. The van der Waals surface area contributed by atoms with Crippen LogP contribution in [0.1, 0.15) is 49.7 Å². The third-order valence-electron chi connectivity index (χ3n) is 7.74. The van der Waals surface area contributed by atoms with Gasteiger partial charge in [-0.05, 0) is 49.3 Å². The number of amides is 2. The second kappa shape index (κ2) is 11.3. The number of hydrogen-bond donors (Lipinski definition) is 2. The van der Waals surface area contributed by atoms with Crippen LogP contribution in [0.5, 0.6) is 5.75 Å². The first kappa shape index (κ1) is 25.1. The van der Waals surface area contributed by atoms with Crippen molar-refractivity contribution in [1.82, 2.24) is 10.2 Å². The van der Waals surface area contributed by atoms with Gasteiger partial charge in [-0.1, -0.05) is 54.6 Å². The molecular weight excluding hydrogens is 472 g/mol. The molecule has 196 valence electrons. The number of ether oxygens (including phenoxy) is 3. The van der Waals surface area contributed by atoms with Gasteiger partial charge in [0.2, 0.25) is 0 Å². The van der Waals surface area contributed by atoms with Gasteiger partial charge in [0.25, 0.3) is 0 Å². The van der Waals surface area contributed by atoms with E-state index in [1.807, 2.05) is 36.4 Å². The molecule has 2 aromatic rings. The van der Waals surface area contributed by atoms with Gasteiger partial charge in [0.15, 0.2) is 0 Å². The van der Waals surface area contributed by atoms with Crippen LogP contribution in [0, 0.1) is 0 Å². The van der Waals surface area contributed by atoms with Crippen LogP contribution in [0.3, 0.4) is 0 Å². The van der Waals surface area contributed by atoms with Crippen molar-refractivity contribution in [3.05, 3.63) is 71.8 Å². The van der Waals surface area contributed by atoms with Crippen LogP contribution in [0.2, 0.25) is 0 Å². The number of cyclic esters (lactones) is 1. The van der Waals surface area contributed by atoms with Crippen LogP contribution in [0.4, 0.5) is 9.59 Å². The number of piperidine rings is 1. The highest BCUT2D eigenvalue weighted by Crippen LogP contribution is 2.36. The molecule has 3 unspecified atom stereocenters. The topological polar surface area (TPSA) is 97.3 Å². The van der Waals surface area contributed by atoms with Crippen LogP contribution >= 0.6 is 0 Å². The first-order valence-corrected chi connectivity index (χ1v) is 13.1. The Kier molecular flexibility index (Phi) is 7.65. The van der Waals surface area contributed by atoms with Crippen molar-refractivity contribution in [3.63, 3.8) is 0 Å². The summed E-state index contributed by atoms with van der Waals surface area (Å²) in [5, 5.41) is 12.8. The van der Waals surface area contributed by atoms with Gasteiger partial charge < -0.3 is 29.5 Å². The highest BCUT2D eigenvalue weighted by Gasteiger charge is 2.49. The highest BCUT2D eigenvalue weighted by molar-refractivity contribution is 5.72. The molecule has 0 radical (unpaired) electrons. The number of carboxylic acid groups (broad SMARTS) is 1. The van der Waals surface area contributed by atoms with Gasteiger partial charge in [0, 0.05) is 18.5 Å². The predicted molar refractivity (Wildman–Crippen MR) is 138 cm³/mol. The van der Waals surface area contributed by atoms with Gasteiger partial charge in [-0.15, -0.1) is 0 Å². The van der Waals surface area contributed by atoms with Crippen LogP contribution in [0.15, 0.2) is 60.7 Å². The van der Waals surface area contributed by atoms with Crippen molar-refractivity contribution in [2.75, 3.05) is 19.8 Å². The summed E-state index contributed by atoms with van der Waals surface area (Å²) in [7, 11) is 0. The number of carbonyl (C=O) groups excluding carboxylic acids is 1. The zero-order chi connectivity index (χ0) is 25.7. The molecule has 1 spiro atoms. The third-order valence-corrected chi connectivity index (χ3v) is 7.74. The van der Waals surface area contributed by atoms with Crippen molar-refractivity contribution in [3.8, 4) is 5.75 Å². The summed E-state index contributed by atoms with van der Waals surface area (Å²) in [4.78, 5) is 25.5. The molecule has 2 aliphatic heterocycles. The van der Waals surface area contributed by atoms with E-state index >= 15 is 0 Å². The summed E-state index contributed by atoms with van der Waals surface area (Å²) in [6, 6.07) is 17.8. The van der Waals surface area contributed by atoms with E-state index in [0.29, 0.717) is 32.4 Å². The monoisotopic (exact) mass is 506 g/mol. The molecule has 2 N–H and O–H groups in total. The Morgan fingerprint density at radius 3 is 2.70 bits per heavy atom. The Balaban J connectivity index is 1.23. The summed E-state index contributed by atoms with van der Waals surface area (Å²) in [5.74, 6) is 0.869. The second-order valence-electron chi connectivity index (χ2n) is 9.99. The number of benzene rings is 2. The molecule has 8 heteroatoms. The Labute approximate surface area is 217 Å². The molecule has 5 rings (SSSR count). The van der Waals surface area contributed by atoms with Gasteiger partial charge in [-0.2, -0.15) is 0 Å². The van der Waals surface area contributed by atoms with Crippen LogP contribution < -0.4 is 10.1 Å². The Bertz CT molecular complexity index is 1130. The molecule has 0 aromatic heterocycles. The highest BCUT2D eigenvalue weighted by atomic mass is 16.6. The van der Waals surface area contributed by atoms with Gasteiger partial charge in [0.05, 0.1) is 30.9 Å². The van der Waals surface area contributed by atoms with E-state index in [2.05, 4.69) is 29.6 Å². The quantitative estimate of drug-likeness (QED) is 0.534. The Hall–Kier alpha value is -3.52. The molecule has 8 nitrogen and oxygen atoms in total. The number of alkyl carbamates (subject to hydrolysis) is 1. The summed E-state index contributed by atoms with van der Waals surface area (Å²) >= 11 is 0. The van der Waals surface area contributed by atoms with Crippen LogP contribution in [0.25, 0.3) is 5.57 Å². The summed E-state index contributed by atoms with van der Waals surface area (Å²) < 4.78 is 17.5. The molecular formula is C29H34N2O6. The molecule has 1 aliphatic carbocycles. The molecule has 2 aromatic carbocycles. The number of para-hydroxylation sites is 1. The molecule has 37 heavy (non-hydrogen) atoms. The SMILES string of the molecule is O=C1NC2(CCCN(C(=O)O)C2COC2CC=C(c3ccccc3OCc3ccccc3)CC2)CCO1. The molecule has 2 amide bonds. The molecule has 3 aliphatic rings. The van der Waals surface area contributed by atoms with Crippen LogP contribution in [-0.4, -0.2) is 59.6 Å². The number of likely N-dealkylation sites (tertiary alicyclic amines) is 1. The lowest BCUT2D eigenvalue weighted by Gasteiger charge is -2.50. The minimum absolute atomic E-state index is 0.00804. The summed E-state index contributed by atoms with van der Waals surface area (Å²) in [6.45, 7) is 1.49. The minimum Gasteiger partial charge on any atom is -0.488 e. The van der Waals surface area contributed by atoms with Gasteiger partial charge in [0.1, 0.15) is 12.4 Å². The lowest BCUT2D eigenvalue weighted by atomic mass is 9.78. The lowest BCUT2D eigenvalue weighted by molar-refractivity contribution is -0.0511. The zero-order valence-electron chi connectivity index (χ0n) is 20.9. The maximum atomic E-state index is 12.0. The van der Waals surface area contributed by atoms with Crippen molar-refractivity contribution >= 4 is 17.8 Å². The fraction of sp³-hybridized carbons (Fsp3) is 0.448. The first-order valence-electron chi connectivity index (χ1n) is 13.1. The molecule has 3 atom stereocenters. The molecule has 0 bridgehead atoms. The maximum absolute atomic E-state index is 12.0. The van der Waals surface area contributed by atoms with Gasteiger partial charge >= 0.3 is 12.2 Å². The largest absolute Gasteiger partial charge is 0.488 e. The average Bonchev–Trinajstić information content (AvgIpc) is 2.92.